The number of anilines is 3. The molecule has 176 valence electrons. The van der Waals surface area contributed by atoms with Gasteiger partial charge in [0.15, 0.2) is 11.6 Å². The number of benzene rings is 1. The molecule has 0 atom stereocenters. The number of aromatic nitrogens is 4. The van der Waals surface area contributed by atoms with Gasteiger partial charge in [0.05, 0.1) is 17.3 Å². The van der Waals surface area contributed by atoms with Crippen molar-refractivity contribution >= 4 is 34.4 Å². The number of hydrogen-bond donors (Lipinski definition) is 2. The molecule has 1 aliphatic rings. The maximum atomic E-state index is 14.4. The molecule has 2 N–H and O–H groups in total. The second-order valence-corrected chi connectivity index (χ2v) is 8.96. The van der Waals surface area contributed by atoms with E-state index in [0.717, 1.165) is 18.9 Å². The predicted octanol–water partition coefficient (Wildman–Crippen LogP) is 3.99. The zero-order valence-corrected chi connectivity index (χ0v) is 19.2. The first-order valence-corrected chi connectivity index (χ1v) is 10.9. The standard InChI is InChI=1S/C23H25FN8O2/c1-23(2,3)34-22(33)32-8-6-15(7-9-32)30-20-18-19(27-12-28-20)21(29-13-26-18)31-17-5-4-14(11-25)10-16(17)24/h4-5,10,12-13,15H,6-9H2,1-3H3,(H,26,29,31)(H,27,28,30). The lowest BCUT2D eigenvalue weighted by atomic mass is 10.1. The lowest BCUT2D eigenvalue weighted by Crippen LogP contribution is -2.44. The molecule has 34 heavy (non-hydrogen) atoms. The van der Waals surface area contributed by atoms with Crippen molar-refractivity contribution in [2.24, 2.45) is 0 Å². The van der Waals surface area contributed by atoms with E-state index in [-0.39, 0.29) is 23.4 Å². The minimum Gasteiger partial charge on any atom is -0.444 e. The van der Waals surface area contributed by atoms with Crippen molar-refractivity contribution in [1.29, 1.82) is 5.26 Å². The Kier molecular flexibility index (Phi) is 6.40. The van der Waals surface area contributed by atoms with Crippen molar-refractivity contribution < 1.29 is 13.9 Å². The van der Waals surface area contributed by atoms with Crippen molar-refractivity contribution in [3.05, 3.63) is 42.2 Å². The average Bonchev–Trinajstić information content (AvgIpc) is 2.80. The molecule has 1 fully saturated rings. The largest absolute Gasteiger partial charge is 0.444 e. The summed E-state index contributed by atoms with van der Waals surface area (Å²) < 4.78 is 19.8. The fourth-order valence-electron chi connectivity index (χ4n) is 3.62. The molecule has 1 saturated heterocycles. The number of amides is 1. The van der Waals surface area contributed by atoms with Crippen molar-refractivity contribution in [3.8, 4) is 6.07 Å². The molecule has 1 aliphatic heterocycles. The summed E-state index contributed by atoms with van der Waals surface area (Å²) in [5.41, 5.74) is 0.778. The Bertz CT molecular complexity index is 1250. The van der Waals surface area contributed by atoms with Crippen LogP contribution < -0.4 is 10.6 Å². The van der Waals surface area contributed by atoms with Crippen LogP contribution in [0, 0.1) is 17.1 Å². The molecule has 0 aliphatic carbocycles. The second kappa shape index (κ2) is 9.43. The third-order valence-corrected chi connectivity index (χ3v) is 5.26. The van der Waals surface area contributed by atoms with Crippen molar-refractivity contribution in [2.75, 3.05) is 23.7 Å². The van der Waals surface area contributed by atoms with Crippen LogP contribution >= 0.6 is 0 Å². The second-order valence-electron chi connectivity index (χ2n) is 8.96. The topological polar surface area (TPSA) is 129 Å². The molecule has 0 bridgehead atoms. The van der Waals surface area contributed by atoms with Gasteiger partial charge in [0.1, 0.15) is 35.1 Å². The van der Waals surface area contributed by atoms with E-state index >= 15 is 0 Å². The van der Waals surface area contributed by atoms with Crippen LogP contribution in [0.2, 0.25) is 0 Å². The molecule has 3 aromatic rings. The summed E-state index contributed by atoms with van der Waals surface area (Å²) in [7, 11) is 0. The molecule has 10 nitrogen and oxygen atoms in total. The Balaban J connectivity index is 1.48. The average molecular weight is 465 g/mol. The maximum absolute atomic E-state index is 14.4. The number of halogens is 1. The van der Waals surface area contributed by atoms with Crippen molar-refractivity contribution in [3.63, 3.8) is 0 Å². The van der Waals surface area contributed by atoms with E-state index in [9.17, 15) is 9.18 Å². The van der Waals surface area contributed by atoms with Crippen molar-refractivity contribution in [1.82, 2.24) is 24.8 Å². The van der Waals surface area contributed by atoms with E-state index in [1.54, 1.807) is 4.90 Å². The molecule has 3 heterocycles. The summed E-state index contributed by atoms with van der Waals surface area (Å²) in [5.74, 6) is 0.278. The fraction of sp³-hybridized carbons (Fsp3) is 0.391. The van der Waals surface area contributed by atoms with Crippen LogP contribution in [0.1, 0.15) is 39.2 Å². The number of likely N-dealkylation sites (tertiary alicyclic amines) is 1. The van der Waals surface area contributed by atoms with E-state index in [2.05, 4.69) is 30.6 Å². The van der Waals surface area contributed by atoms with Crippen LogP contribution in [0.3, 0.4) is 0 Å². The van der Waals surface area contributed by atoms with Crippen LogP contribution in [0.4, 0.5) is 26.5 Å². The zero-order valence-electron chi connectivity index (χ0n) is 19.2. The fourth-order valence-corrected chi connectivity index (χ4v) is 3.62. The van der Waals surface area contributed by atoms with Gasteiger partial charge in [0.25, 0.3) is 0 Å². The molecule has 2 aromatic heterocycles. The number of piperidine rings is 1. The Labute approximate surface area is 196 Å². The number of fused-ring (bicyclic) bond motifs is 1. The van der Waals surface area contributed by atoms with Gasteiger partial charge in [0.2, 0.25) is 0 Å². The smallest absolute Gasteiger partial charge is 0.410 e. The van der Waals surface area contributed by atoms with E-state index in [0.29, 0.717) is 35.8 Å². The van der Waals surface area contributed by atoms with Gasteiger partial charge in [-0.1, -0.05) is 0 Å². The van der Waals surface area contributed by atoms with Gasteiger partial charge in [-0.2, -0.15) is 5.26 Å². The number of hydrogen-bond acceptors (Lipinski definition) is 9. The van der Waals surface area contributed by atoms with Crippen LogP contribution in [0.5, 0.6) is 0 Å². The van der Waals surface area contributed by atoms with E-state index in [1.165, 1.54) is 24.8 Å². The summed E-state index contributed by atoms with van der Waals surface area (Å²) in [6, 6.07) is 6.12. The number of nitriles is 1. The normalized spacial score (nSPS) is 14.5. The molecular weight excluding hydrogens is 439 g/mol. The SMILES string of the molecule is CC(C)(C)OC(=O)N1CCC(Nc2ncnc3c(Nc4ccc(C#N)cc4F)ncnc23)CC1. The summed E-state index contributed by atoms with van der Waals surface area (Å²) in [6.07, 6.45) is 3.88. The van der Waals surface area contributed by atoms with E-state index in [4.69, 9.17) is 10.00 Å². The highest BCUT2D eigenvalue weighted by molar-refractivity contribution is 5.93. The summed E-state index contributed by atoms with van der Waals surface area (Å²) in [5, 5.41) is 15.2. The first-order chi connectivity index (χ1) is 16.2. The molecule has 11 heteroatoms. The number of ether oxygens (including phenoxy) is 1. The number of carbonyl (C=O) groups excluding carboxylic acids is 1. The summed E-state index contributed by atoms with van der Waals surface area (Å²) in [4.78, 5) is 31.1. The van der Waals surface area contributed by atoms with Crippen molar-refractivity contribution in [2.45, 2.75) is 45.3 Å². The third-order valence-electron chi connectivity index (χ3n) is 5.26. The lowest BCUT2D eigenvalue weighted by molar-refractivity contribution is 0.0210. The molecule has 0 radical (unpaired) electrons. The van der Waals surface area contributed by atoms with Gasteiger partial charge in [-0.3, -0.25) is 0 Å². The highest BCUT2D eigenvalue weighted by atomic mass is 19.1. The lowest BCUT2D eigenvalue weighted by Gasteiger charge is -2.33. The third kappa shape index (κ3) is 5.28. The predicted molar refractivity (Wildman–Crippen MR) is 124 cm³/mol. The molecule has 0 unspecified atom stereocenters. The Morgan fingerprint density at radius 2 is 1.76 bits per heavy atom. The van der Waals surface area contributed by atoms with Gasteiger partial charge in [-0.05, 0) is 51.8 Å². The number of nitrogens with one attached hydrogen (secondary N) is 2. The zero-order chi connectivity index (χ0) is 24.3. The number of nitrogens with zero attached hydrogens (tertiary/aromatic N) is 6. The van der Waals surface area contributed by atoms with E-state index < -0.39 is 11.4 Å². The van der Waals surface area contributed by atoms with Gasteiger partial charge < -0.3 is 20.3 Å². The van der Waals surface area contributed by atoms with Crippen LogP contribution in [-0.2, 0) is 4.74 Å². The Morgan fingerprint density at radius 3 is 2.38 bits per heavy atom. The highest BCUT2D eigenvalue weighted by Crippen LogP contribution is 2.27. The van der Waals surface area contributed by atoms with Gasteiger partial charge in [-0.15, -0.1) is 0 Å². The van der Waals surface area contributed by atoms with Gasteiger partial charge >= 0.3 is 6.09 Å². The minimum absolute atomic E-state index is 0.0825. The monoisotopic (exact) mass is 464 g/mol. The van der Waals surface area contributed by atoms with Crippen LogP contribution in [0.25, 0.3) is 11.0 Å². The maximum Gasteiger partial charge on any atom is 0.410 e. The molecule has 4 rings (SSSR count). The first-order valence-electron chi connectivity index (χ1n) is 10.9. The number of rotatable bonds is 4. The van der Waals surface area contributed by atoms with Crippen LogP contribution in [-0.4, -0.2) is 55.7 Å². The molecule has 1 aromatic carbocycles. The van der Waals surface area contributed by atoms with Gasteiger partial charge in [0, 0.05) is 19.1 Å². The van der Waals surface area contributed by atoms with E-state index in [1.807, 2.05) is 26.8 Å². The van der Waals surface area contributed by atoms with Gasteiger partial charge in [-0.25, -0.2) is 29.1 Å². The summed E-state index contributed by atoms with van der Waals surface area (Å²) >= 11 is 0. The molecule has 0 spiro atoms. The quantitative estimate of drug-likeness (QED) is 0.589. The first kappa shape index (κ1) is 23.1. The Hall–Kier alpha value is -4.07. The number of carbonyl (C=O) groups is 1. The molecular formula is C23H25FN8O2. The van der Waals surface area contributed by atoms with Crippen LogP contribution in [0.15, 0.2) is 30.9 Å². The Morgan fingerprint density at radius 1 is 1.12 bits per heavy atom. The highest BCUT2D eigenvalue weighted by Gasteiger charge is 2.27. The minimum atomic E-state index is -0.574. The molecule has 1 amide bonds. The molecule has 0 saturated carbocycles. The summed E-state index contributed by atoms with van der Waals surface area (Å²) in [6.45, 7) is 6.67.